The fourth-order valence-corrected chi connectivity index (χ4v) is 3.15. The highest BCUT2D eigenvalue weighted by Crippen LogP contribution is 2.29. The molecule has 2 aliphatic heterocycles. The molecule has 1 unspecified atom stereocenters. The van der Waals surface area contributed by atoms with Gasteiger partial charge in [-0.1, -0.05) is 11.6 Å². The van der Waals surface area contributed by atoms with E-state index in [-0.39, 0.29) is 0 Å². The molecule has 3 rings (SSSR count). The van der Waals surface area contributed by atoms with Crippen LogP contribution in [-0.2, 0) is 4.79 Å². The molecule has 1 aromatic heterocycles. The number of hydrogen-bond acceptors (Lipinski definition) is 4. The maximum atomic E-state index is 11.7. The third-order valence-corrected chi connectivity index (χ3v) is 4.33. The molecule has 0 aliphatic carbocycles. The van der Waals surface area contributed by atoms with Crippen LogP contribution in [0.5, 0.6) is 0 Å². The summed E-state index contributed by atoms with van der Waals surface area (Å²) in [4.78, 5) is 24.6. The fourth-order valence-electron chi connectivity index (χ4n) is 2.94. The van der Waals surface area contributed by atoms with Crippen molar-refractivity contribution >= 4 is 23.3 Å². The van der Waals surface area contributed by atoms with E-state index in [0.717, 1.165) is 37.4 Å². The molecule has 0 radical (unpaired) electrons. The van der Waals surface area contributed by atoms with Crippen LogP contribution in [0.15, 0.2) is 0 Å². The summed E-state index contributed by atoms with van der Waals surface area (Å²) in [7, 11) is 0. The quantitative estimate of drug-likeness (QED) is 0.733. The van der Waals surface area contributed by atoms with Gasteiger partial charge in [-0.2, -0.15) is 0 Å². The van der Waals surface area contributed by atoms with Crippen LogP contribution in [-0.4, -0.2) is 46.5 Å². The van der Waals surface area contributed by atoms with Gasteiger partial charge in [-0.15, -0.1) is 0 Å². The molecule has 1 amide bonds. The number of carbonyl (C=O) groups excluding carboxylic acids is 1. The molecule has 2 saturated heterocycles. The Labute approximate surface area is 117 Å². The van der Waals surface area contributed by atoms with Crippen LogP contribution in [0.3, 0.4) is 0 Å². The van der Waals surface area contributed by atoms with Crippen LogP contribution in [0.25, 0.3) is 0 Å². The molecule has 0 spiro atoms. The van der Waals surface area contributed by atoms with E-state index in [4.69, 9.17) is 11.6 Å². The summed E-state index contributed by atoms with van der Waals surface area (Å²) in [5, 5.41) is 0.521. The number of hydrogen-bond donors (Lipinski definition) is 0. The van der Waals surface area contributed by atoms with Crippen molar-refractivity contribution in [3.05, 3.63) is 16.5 Å². The number of carbonyl (C=O) groups is 1. The van der Waals surface area contributed by atoms with Gasteiger partial charge in [-0.25, -0.2) is 9.97 Å². The summed E-state index contributed by atoms with van der Waals surface area (Å²) in [5.41, 5.74) is 0.921. The summed E-state index contributed by atoms with van der Waals surface area (Å²) in [6.07, 6.45) is 1.63. The van der Waals surface area contributed by atoms with Gasteiger partial charge in [0, 0.05) is 37.7 Å². The Bertz CT molecular complexity index is 534. The number of halogens is 1. The lowest BCUT2D eigenvalue weighted by atomic mass is 10.1. The molecule has 1 atom stereocenters. The minimum Gasteiger partial charge on any atom is -0.352 e. The molecular formula is C13H17ClN4O. The first-order valence-corrected chi connectivity index (χ1v) is 6.99. The van der Waals surface area contributed by atoms with Gasteiger partial charge in [-0.3, -0.25) is 4.79 Å². The Morgan fingerprint density at radius 2 is 2.05 bits per heavy atom. The smallest absolute Gasteiger partial charge is 0.223 e. The number of aryl methyl sites for hydroxylation is 1. The number of piperazine rings is 1. The second kappa shape index (κ2) is 4.63. The summed E-state index contributed by atoms with van der Waals surface area (Å²) in [6, 6.07) is 0.328. The second-order valence-corrected chi connectivity index (χ2v) is 5.59. The van der Waals surface area contributed by atoms with Crippen molar-refractivity contribution in [2.24, 2.45) is 0 Å². The van der Waals surface area contributed by atoms with Crippen molar-refractivity contribution in [3.8, 4) is 0 Å². The minimum atomic E-state index is 0.290. The predicted molar refractivity (Wildman–Crippen MR) is 73.5 cm³/mol. The molecule has 5 nitrogen and oxygen atoms in total. The van der Waals surface area contributed by atoms with Gasteiger partial charge in [0.15, 0.2) is 0 Å². The SMILES string of the molecule is Cc1nc(Cl)c(C)c(N2CCN3C(=O)CCC3C2)n1. The molecule has 0 saturated carbocycles. The summed E-state index contributed by atoms with van der Waals surface area (Å²) < 4.78 is 0. The highest BCUT2D eigenvalue weighted by atomic mass is 35.5. The Balaban J connectivity index is 1.86. The number of fused-ring (bicyclic) bond motifs is 1. The van der Waals surface area contributed by atoms with E-state index in [1.54, 1.807) is 0 Å². The minimum absolute atomic E-state index is 0.290. The van der Waals surface area contributed by atoms with Crippen molar-refractivity contribution in [2.45, 2.75) is 32.7 Å². The van der Waals surface area contributed by atoms with E-state index in [1.165, 1.54) is 0 Å². The van der Waals surface area contributed by atoms with E-state index in [9.17, 15) is 4.79 Å². The fraction of sp³-hybridized carbons (Fsp3) is 0.615. The lowest BCUT2D eigenvalue weighted by Crippen LogP contribution is -2.52. The number of anilines is 1. The van der Waals surface area contributed by atoms with Gasteiger partial charge in [0.2, 0.25) is 5.91 Å². The molecule has 1 aromatic rings. The highest BCUT2D eigenvalue weighted by Gasteiger charge is 2.36. The molecule has 0 bridgehead atoms. The molecule has 3 heterocycles. The van der Waals surface area contributed by atoms with Gasteiger partial charge < -0.3 is 9.80 Å². The van der Waals surface area contributed by atoms with E-state index >= 15 is 0 Å². The lowest BCUT2D eigenvalue weighted by molar-refractivity contribution is -0.129. The van der Waals surface area contributed by atoms with E-state index in [1.807, 2.05) is 18.7 Å². The largest absolute Gasteiger partial charge is 0.352 e. The zero-order chi connectivity index (χ0) is 13.6. The van der Waals surface area contributed by atoms with Crippen LogP contribution in [0, 0.1) is 13.8 Å². The first-order chi connectivity index (χ1) is 9.06. The zero-order valence-electron chi connectivity index (χ0n) is 11.2. The maximum Gasteiger partial charge on any atom is 0.223 e. The maximum absolute atomic E-state index is 11.7. The van der Waals surface area contributed by atoms with Crippen molar-refractivity contribution < 1.29 is 4.79 Å². The van der Waals surface area contributed by atoms with Crippen LogP contribution in [0.4, 0.5) is 5.82 Å². The van der Waals surface area contributed by atoms with Crippen molar-refractivity contribution in [2.75, 3.05) is 24.5 Å². The molecule has 0 aromatic carbocycles. The summed E-state index contributed by atoms with van der Waals surface area (Å²) in [6.45, 7) is 6.24. The van der Waals surface area contributed by atoms with E-state index in [0.29, 0.717) is 29.3 Å². The van der Waals surface area contributed by atoms with Crippen LogP contribution < -0.4 is 4.90 Å². The monoisotopic (exact) mass is 280 g/mol. The van der Waals surface area contributed by atoms with E-state index < -0.39 is 0 Å². The van der Waals surface area contributed by atoms with Crippen molar-refractivity contribution in [1.29, 1.82) is 0 Å². The Morgan fingerprint density at radius 1 is 1.26 bits per heavy atom. The molecule has 102 valence electrons. The third kappa shape index (κ3) is 2.16. The predicted octanol–water partition coefficient (Wildman–Crippen LogP) is 1.56. The topological polar surface area (TPSA) is 49.3 Å². The Kier molecular flexibility index (Phi) is 3.09. The molecule has 2 fully saturated rings. The molecule has 0 N–H and O–H groups in total. The number of rotatable bonds is 1. The van der Waals surface area contributed by atoms with Gasteiger partial charge in [-0.05, 0) is 20.3 Å². The standard InChI is InChI=1S/C13H17ClN4O/c1-8-12(14)15-9(2)16-13(8)17-5-6-18-10(7-17)3-4-11(18)19/h10H,3-7H2,1-2H3. The van der Waals surface area contributed by atoms with Gasteiger partial charge in [0.25, 0.3) is 0 Å². The first kappa shape index (κ1) is 12.7. The number of aromatic nitrogens is 2. The summed E-state index contributed by atoms with van der Waals surface area (Å²) in [5.74, 6) is 1.89. The second-order valence-electron chi connectivity index (χ2n) is 5.24. The normalized spacial score (nSPS) is 22.9. The van der Waals surface area contributed by atoms with Crippen LogP contribution in [0.2, 0.25) is 5.15 Å². The van der Waals surface area contributed by atoms with Gasteiger partial charge >= 0.3 is 0 Å². The molecule has 2 aliphatic rings. The van der Waals surface area contributed by atoms with Crippen molar-refractivity contribution in [1.82, 2.24) is 14.9 Å². The third-order valence-electron chi connectivity index (χ3n) is 3.97. The van der Waals surface area contributed by atoms with Gasteiger partial charge in [0.1, 0.15) is 16.8 Å². The first-order valence-electron chi connectivity index (χ1n) is 6.61. The molecule has 6 heteroatoms. The average Bonchev–Trinajstić information content (AvgIpc) is 2.75. The zero-order valence-corrected chi connectivity index (χ0v) is 11.9. The number of amides is 1. The molecule has 19 heavy (non-hydrogen) atoms. The van der Waals surface area contributed by atoms with E-state index in [2.05, 4.69) is 14.9 Å². The molecular weight excluding hydrogens is 264 g/mol. The lowest BCUT2D eigenvalue weighted by Gasteiger charge is -2.38. The van der Waals surface area contributed by atoms with Crippen molar-refractivity contribution in [3.63, 3.8) is 0 Å². The number of nitrogens with zero attached hydrogens (tertiary/aromatic N) is 4. The highest BCUT2D eigenvalue weighted by molar-refractivity contribution is 6.30. The Hall–Kier alpha value is -1.36. The van der Waals surface area contributed by atoms with Crippen LogP contribution in [0.1, 0.15) is 24.2 Å². The average molecular weight is 281 g/mol. The Morgan fingerprint density at radius 3 is 2.84 bits per heavy atom. The van der Waals surface area contributed by atoms with Crippen LogP contribution >= 0.6 is 11.6 Å². The van der Waals surface area contributed by atoms with Gasteiger partial charge in [0.05, 0.1) is 0 Å². The summed E-state index contributed by atoms with van der Waals surface area (Å²) >= 11 is 6.13.